The molecule has 0 fully saturated rings. The van der Waals surface area contributed by atoms with Gasteiger partial charge in [0.2, 0.25) is 0 Å². The number of amides is 2. The molecule has 0 atom stereocenters. The number of carbonyl (C=O) groups is 2. The highest BCUT2D eigenvalue weighted by atomic mass is 16.2. The Hall–Kier alpha value is -2.62. The first-order valence-corrected chi connectivity index (χ1v) is 8.23. The fourth-order valence-corrected chi connectivity index (χ4v) is 2.73. The maximum Gasteiger partial charge on any atom is 0.255 e. The van der Waals surface area contributed by atoms with Crippen LogP contribution in [-0.2, 0) is 0 Å². The number of nitrogens with one attached hydrogen (secondary N) is 1. The van der Waals surface area contributed by atoms with E-state index in [2.05, 4.69) is 5.32 Å². The van der Waals surface area contributed by atoms with Gasteiger partial charge in [-0.05, 0) is 58.0 Å². The summed E-state index contributed by atoms with van der Waals surface area (Å²) in [7, 11) is 0. The van der Waals surface area contributed by atoms with Crippen molar-refractivity contribution in [3.63, 3.8) is 0 Å². The smallest absolute Gasteiger partial charge is 0.255 e. The van der Waals surface area contributed by atoms with Crippen LogP contribution in [0.4, 0.5) is 5.69 Å². The fourth-order valence-electron chi connectivity index (χ4n) is 2.73. The Bertz CT molecular complexity index is 729. The molecule has 0 aliphatic heterocycles. The summed E-state index contributed by atoms with van der Waals surface area (Å²) in [6.45, 7) is 9.16. The fraction of sp³-hybridized carbons (Fsp3) is 0.300. The summed E-state index contributed by atoms with van der Waals surface area (Å²) in [6.07, 6.45) is 0. The van der Waals surface area contributed by atoms with E-state index in [1.165, 1.54) is 0 Å². The Balaban J connectivity index is 2.20. The number of rotatable bonds is 5. The number of hydrogen-bond donors (Lipinski definition) is 1. The van der Waals surface area contributed by atoms with E-state index >= 15 is 0 Å². The van der Waals surface area contributed by atoms with Crippen molar-refractivity contribution < 1.29 is 9.59 Å². The van der Waals surface area contributed by atoms with Gasteiger partial charge < -0.3 is 10.2 Å². The quantitative estimate of drug-likeness (QED) is 0.902. The molecule has 0 aliphatic rings. The van der Waals surface area contributed by atoms with Gasteiger partial charge in [0.15, 0.2) is 0 Å². The second kappa shape index (κ2) is 7.77. The summed E-state index contributed by atoms with van der Waals surface area (Å²) in [5.74, 6) is -0.197. The average molecular weight is 324 g/mol. The predicted molar refractivity (Wildman–Crippen MR) is 97.6 cm³/mol. The maximum atomic E-state index is 12.4. The number of nitrogens with zero attached hydrogens (tertiary/aromatic N) is 1. The van der Waals surface area contributed by atoms with Crippen molar-refractivity contribution in [1.82, 2.24) is 4.90 Å². The number of aryl methyl sites for hydroxylation is 2. The van der Waals surface area contributed by atoms with E-state index in [4.69, 9.17) is 0 Å². The van der Waals surface area contributed by atoms with Crippen LogP contribution in [0.5, 0.6) is 0 Å². The van der Waals surface area contributed by atoms with Gasteiger partial charge in [0, 0.05) is 29.9 Å². The molecule has 0 saturated heterocycles. The van der Waals surface area contributed by atoms with E-state index in [0.29, 0.717) is 29.9 Å². The minimum atomic E-state index is -0.172. The molecule has 126 valence electrons. The van der Waals surface area contributed by atoms with E-state index in [1.54, 1.807) is 29.2 Å². The van der Waals surface area contributed by atoms with Crippen LogP contribution in [0.2, 0.25) is 0 Å². The molecular formula is C20H24N2O2. The molecule has 0 aromatic heterocycles. The summed E-state index contributed by atoms with van der Waals surface area (Å²) < 4.78 is 0. The van der Waals surface area contributed by atoms with Gasteiger partial charge in [-0.15, -0.1) is 0 Å². The molecule has 2 aromatic carbocycles. The van der Waals surface area contributed by atoms with Crippen LogP contribution in [0.3, 0.4) is 0 Å². The van der Waals surface area contributed by atoms with Crippen molar-refractivity contribution in [2.24, 2.45) is 0 Å². The molecule has 0 spiro atoms. The number of benzene rings is 2. The third-order valence-corrected chi connectivity index (χ3v) is 3.90. The van der Waals surface area contributed by atoms with Crippen LogP contribution in [-0.4, -0.2) is 29.8 Å². The number of anilines is 1. The molecule has 0 heterocycles. The standard InChI is InChI=1S/C20H24N2O2/c1-5-22(6-2)20(24)16-8-7-9-18(13-16)21-19(23)17-11-14(3)10-15(4)12-17/h7-13H,5-6H2,1-4H3,(H,21,23). The Labute approximate surface area is 143 Å². The van der Waals surface area contributed by atoms with Gasteiger partial charge in [-0.1, -0.05) is 23.3 Å². The third kappa shape index (κ3) is 4.22. The van der Waals surface area contributed by atoms with E-state index in [1.807, 2.05) is 45.9 Å². The number of carbonyl (C=O) groups excluding carboxylic acids is 2. The second-order valence-electron chi connectivity index (χ2n) is 5.89. The van der Waals surface area contributed by atoms with E-state index in [-0.39, 0.29) is 11.8 Å². The minimum Gasteiger partial charge on any atom is -0.339 e. The molecule has 4 nitrogen and oxygen atoms in total. The van der Waals surface area contributed by atoms with Crippen molar-refractivity contribution >= 4 is 17.5 Å². The summed E-state index contributed by atoms with van der Waals surface area (Å²) in [5.41, 5.74) is 3.92. The highest BCUT2D eigenvalue weighted by Crippen LogP contribution is 2.15. The van der Waals surface area contributed by atoms with E-state index in [9.17, 15) is 9.59 Å². The molecule has 0 radical (unpaired) electrons. The van der Waals surface area contributed by atoms with Crippen molar-refractivity contribution in [1.29, 1.82) is 0 Å². The first kappa shape index (κ1) is 17.7. The highest BCUT2D eigenvalue weighted by molar-refractivity contribution is 6.05. The minimum absolute atomic E-state index is 0.0255. The monoisotopic (exact) mass is 324 g/mol. The Morgan fingerprint density at radius 3 is 2.12 bits per heavy atom. The van der Waals surface area contributed by atoms with Gasteiger partial charge in [-0.2, -0.15) is 0 Å². The molecule has 4 heteroatoms. The Morgan fingerprint density at radius 2 is 1.54 bits per heavy atom. The molecule has 0 saturated carbocycles. The maximum absolute atomic E-state index is 12.4. The van der Waals surface area contributed by atoms with Crippen molar-refractivity contribution in [3.8, 4) is 0 Å². The van der Waals surface area contributed by atoms with Crippen molar-refractivity contribution in [3.05, 3.63) is 64.7 Å². The van der Waals surface area contributed by atoms with Crippen molar-refractivity contribution in [2.45, 2.75) is 27.7 Å². The molecule has 0 unspecified atom stereocenters. The van der Waals surface area contributed by atoms with Crippen LogP contribution < -0.4 is 5.32 Å². The van der Waals surface area contributed by atoms with Crippen molar-refractivity contribution in [2.75, 3.05) is 18.4 Å². The van der Waals surface area contributed by atoms with Gasteiger partial charge in [-0.3, -0.25) is 9.59 Å². The molecule has 1 N–H and O–H groups in total. The topological polar surface area (TPSA) is 49.4 Å². The van der Waals surface area contributed by atoms with Gasteiger partial charge in [0.05, 0.1) is 0 Å². The average Bonchev–Trinajstić information content (AvgIpc) is 2.55. The molecule has 2 rings (SSSR count). The molecule has 0 bridgehead atoms. The van der Waals surface area contributed by atoms with Crippen LogP contribution >= 0.6 is 0 Å². The lowest BCUT2D eigenvalue weighted by atomic mass is 10.1. The summed E-state index contributed by atoms with van der Waals surface area (Å²) in [4.78, 5) is 26.6. The zero-order chi connectivity index (χ0) is 17.7. The first-order chi connectivity index (χ1) is 11.4. The van der Waals surface area contributed by atoms with Gasteiger partial charge >= 0.3 is 0 Å². The summed E-state index contributed by atoms with van der Waals surface area (Å²) in [6, 6.07) is 12.8. The molecule has 2 aromatic rings. The van der Waals surface area contributed by atoms with Gasteiger partial charge in [0.1, 0.15) is 0 Å². The normalized spacial score (nSPS) is 10.3. The zero-order valence-corrected chi connectivity index (χ0v) is 14.7. The molecular weight excluding hydrogens is 300 g/mol. The zero-order valence-electron chi connectivity index (χ0n) is 14.7. The third-order valence-electron chi connectivity index (χ3n) is 3.90. The lowest BCUT2D eigenvalue weighted by Crippen LogP contribution is -2.30. The SMILES string of the molecule is CCN(CC)C(=O)c1cccc(NC(=O)c2cc(C)cc(C)c2)c1. The van der Waals surface area contributed by atoms with E-state index < -0.39 is 0 Å². The van der Waals surface area contributed by atoms with Gasteiger partial charge in [0.25, 0.3) is 11.8 Å². The summed E-state index contributed by atoms with van der Waals surface area (Å²) >= 11 is 0. The lowest BCUT2D eigenvalue weighted by Gasteiger charge is -2.19. The largest absolute Gasteiger partial charge is 0.339 e. The predicted octanol–water partition coefficient (Wildman–Crippen LogP) is 4.04. The summed E-state index contributed by atoms with van der Waals surface area (Å²) in [5, 5.41) is 2.87. The van der Waals surface area contributed by atoms with Crippen LogP contribution in [0.1, 0.15) is 45.7 Å². The lowest BCUT2D eigenvalue weighted by molar-refractivity contribution is 0.0772. The Kier molecular flexibility index (Phi) is 5.74. The first-order valence-electron chi connectivity index (χ1n) is 8.23. The van der Waals surface area contributed by atoms with Crippen LogP contribution in [0.15, 0.2) is 42.5 Å². The van der Waals surface area contributed by atoms with E-state index in [0.717, 1.165) is 11.1 Å². The Morgan fingerprint density at radius 1 is 0.917 bits per heavy atom. The molecule has 2 amide bonds. The van der Waals surface area contributed by atoms with Crippen LogP contribution in [0.25, 0.3) is 0 Å². The number of hydrogen-bond acceptors (Lipinski definition) is 2. The highest BCUT2D eigenvalue weighted by Gasteiger charge is 2.13. The molecule has 0 aliphatic carbocycles. The van der Waals surface area contributed by atoms with Crippen LogP contribution in [0, 0.1) is 13.8 Å². The van der Waals surface area contributed by atoms with Gasteiger partial charge in [-0.25, -0.2) is 0 Å². The second-order valence-corrected chi connectivity index (χ2v) is 5.89. The molecule has 24 heavy (non-hydrogen) atoms.